The predicted molar refractivity (Wildman–Crippen MR) is 110 cm³/mol. The van der Waals surface area contributed by atoms with Gasteiger partial charge >= 0.3 is 0 Å². The zero-order chi connectivity index (χ0) is 18.9. The molecule has 0 aromatic heterocycles. The maximum atomic E-state index is 11.1. The molecule has 1 aromatic rings. The van der Waals surface area contributed by atoms with Crippen molar-refractivity contribution >= 4 is 17.6 Å². The van der Waals surface area contributed by atoms with Crippen molar-refractivity contribution in [1.29, 1.82) is 0 Å². The van der Waals surface area contributed by atoms with Gasteiger partial charge in [0.1, 0.15) is 0 Å². The second-order valence-electron chi connectivity index (χ2n) is 7.63. The molecule has 1 fully saturated rings. The van der Waals surface area contributed by atoms with Crippen LogP contribution in [0.1, 0.15) is 52.0 Å². The number of carbonyl (C=O) groups is 1. The SMILES string of the molecule is CN=C(NCCc1ccc(NC(C)=O)cc1)NC1CCC(C(C)C)CC1. The van der Waals surface area contributed by atoms with E-state index in [0.29, 0.717) is 6.04 Å². The van der Waals surface area contributed by atoms with Gasteiger partial charge in [0.25, 0.3) is 0 Å². The Morgan fingerprint density at radius 3 is 2.35 bits per heavy atom. The Morgan fingerprint density at radius 1 is 1.15 bits per heavy atom. The van der Waals surface area contributed by atoms with Crippen molar-refractivity contribution < 1.29 is 4.79 Å². The van der Waals surface area contributed by atoms with Crippen LogP contribution in [0.4, 0.5) is 5.69 Å². The highest BCUT2D eigenvalue weighted by Crippen LogP contribution is 2.29. The number of benzene rings is 1. The van der Waals surface area contributed by atoms with Gasteiger partial charge in [-0.3, -0.25) is 9.79 Å². The fourth-order valence-electron chi connectivity index (χ4n) is 3.60. The minimum atomic E-state index is -0.0447. The third-order valence-corrected chi connectivity index (χ3v) is 5.26. The lowest BCUT2D eigenvalue weighted by atomic mass is 9.80. The maximum Gasteiger partial charge on any atom is 0.221 e. The van der Waals surface area contributed by atoms with E-state index in [1.165, 1.54) is 38.2 Å². The monoisotopic (exact) mass is 358 g/mol. The molecule has 0 spiro atoms. The Hall–Kier alpha value is -2.04. The van der Waals surface area contributed by atoms with Crippen LogP contribution in [0.5, 0.6) is 0 Å². The molecule has 0 aliphatic heterocycles. The fourth-order valence-corrected chi connectivity index (χ4v) is 3.60. The van der Waals surface area contributed by atoms with Gasteiger partial charge in [0.2, 0.25) is 5.91 Å². The number of rotatable bonds is 6. The van der Waals surface area contributed by atoms with Gasteiger partial charge in [-0.1, -0.05) is 26.0 Å². The van der Waals surface area contributed by atoms with Crippen molar-refractivity contribution in [3.05, 3.63) is 29.8 Å². The normalized spacial score (nSPS) is 20.7. The lowest BCUT2D eigenvalue weighted by molar-refractivity contribution is -0.114. The highest BCUT2D eigenvalue weighted by atomic mass is 16.1. The molecule has 0 unspecified atom stereocenters. The standard InChI is InChI=1S/C21H34N4O/c1-15(2)18-7-11-20(12-8-18)25-21(22-4)23-14-13-17-5-9-19(10-6-17)24-16(3)26/h5-6,9-10,15,18,20H,7-8,11-14H2,1-4H3,(H,24,26)(H2,22,23,25). The van der Waals surface area contributed by atoms with E-state index >= 15 is 0 Å². The first-order valence-electron chi connectivity index (χ1n) is 9.81. The molecule has 5 nitrogen and oxygen atoms in total. The van der Waals surface area contributed by atoms with Crippen molar-refractivity contribution in [2.45, 2.75) is 58.9 Å². The molecular formula is C21H34N4O. The third-order valence-electron chi connectivity index (χ3n) is 5.26. The first-order valence-corrected chi connectivity index (χ1v) is 9.81. The van der Waals surface area contributed by atoms with Crippen LogP contribution in [-0.4, -0.2) is 31.5 Å². The highest BCUT2D eigenvalue weighted by Gasteiger charge is 2.23. The minimum Gasteiger partial charge on any atom is -0.356 e. The van der Waals surface area contributed by atoms with Crippen LogP contribution in [-0.2, 0) is 11.2 Å². The summed E-state index contributed by atoms with van der Waals surface area (Å²) in [6.45, 7) is 7.02. The summed E-state index contributed by atoms with van der Waals surface area (Å²) in [6, 6.07) is 8.52. The predicted octanol–water partition coefficient (Wildman–Crippen LogP) is 3.57. The summed E-state index contributed by atoms with van der Waals surface area (Å²) < 4.78 is 0. The average molecular weight is 359 g/mol. The topological polar surface area (TPSA) is 65.5 Å². The second kappa shape index (κ2) is 10.2. The first-order chi connectivity index (χ1) is 12.5. The van der Waals surface area contributed by atoms with Crippen molar-refractivity contribution in [1.82, 2.24) is 10.6 Å². The molecule has 2 rings (SSSR count). The van der Waals surface area contributed by atoms with E-state index in [2.05, 4.69) is 46.9 Å². The number of anilines is 1. The summed E-state index contributed by atoms with van der Waals surface area (Å²) in [4.78, 5) is 15.4. The number of hydrogen-bond donors (Lipinski definition) is 3. The molecule has 0 heterocycles. The van der Waals surface area contributed by atoms with Crippen molar-refractivity contribution in [2.75, 3.05) is 18.9 Å². The van der Waals surface area contributed by atoms with Gasteiger partial charge in [-0.15, -0.1) is 0 Å². The van der Waals surface area contributed by atoms with Crippen LogP contribution in [0.25, 0.3) is 0 Å². The second-order valence-corrected chi connectivity index (χ2v) is 7.63. The van der Waals surface area contributed by atoms with Crippen molar-refractivity contribution in [3.63, 3.8) is 0 Å². The van der Waals surface area contributed by atoms with E-state index in [9.17, 15) is 4.79 Å². The summed E-state index contributed by atoms with van der Waals surface area (Å²) in [6.07, 6.45) is 6.00. The molecule has 0 bridgehead atoms. The third kappa shape index (κ3) is 6.70. The van der Waals surface area contributed by atoms with Gasteiger partial charge < -0.3 is 16.0 Å². The zero-order valence-electron chi connectivity index (χ0n) is 16.6. The molecule has 1 amide bonds. The Balaban J connectivity index is 1.71. The number of guanidine groups is 1. The molecule has 1 saturated carbocycles. The molecule has 144 valence electrons. The molecule has 1 aliphatic rings. The molecular weight excluding hydrogens is 324 g/mol. The van der Waals surface area contributed by atoms with Crippen LogP contribution in [0.2, 0.25) is 0 Å². The van der Waals surface area contributed by atoms with E-state index in [1.807, 2.05) is 19.2 Å². The molecule has 26 heavy (non-hydrogen) atoms. The van der Waals surface area contributed by atoms with Gasteiger partial charge in [0.15, 0.2) is 5.96 Å². The molecule has 1 aromatic carbocycles. The van der Waals surface area contributed by atoms with Crippen LogP contribution in [0, 0.1) is 11.8 Å². The first kappa shape index (κ1) is 20.3. The Kier molecular flexibility index (Phi) is 7.95. The van der Waals surface area contributed by atoms with E-state index in [4.69, 9.17) is 0 Å². The Bertz CT molecular complexity index is 587. The molecule has 5 heteroatoms. The average Bonchev–Trinajstić information content (AvgIpc) is 2.62. The van der Waals surface area contributed by atoms with Crippen LogP contribution >= 0.6 is 0 Å². The maximum absolute atomic E-state index is 11.1. The van der Waals surface area contributed by atoms with E-state index in [1.54, 1.807) is 0 Å². The number of hydrogen-bond acceptors (Lipinski definition) is 2. The molecule has 0 atom stereocenters. The van der Waals surface area contributed by atoms with Gasteiger partial charge in [-0.05, 0) is 61.6 Å². The summed E-state index contributed by atoms with van der Waals surface area (Å²) in [5.41, 5.74) is 2.07. The van der Waals surface area contributed by atoms with E-state index in [-0.39, 0.29) is 5.91 Å². The number of carbonyl (C=O) groups excluding carboxylic acids is 1. The largest absolute Gasteiger partial charge is 0.356 e. The summed E-state index contributed by atoms with van der Waals surface area (Å²) in [5.74, 6) is 2.53. The van der Waals surface area contributed by atoms with Gasteiger partial charge in [-0.2, -0.15) is 0 Å². The smallest absolute Gasteiger partial charge is 0.221 e. The highest BCUT2D eigenvalue weighted by molar-refractivity contribution is 5.88. The summed E-state index contributed by atoms with van der Waals surface area (Å²) >= 11 is 0. The van der Waals surface area contributed by atoms with Gasteiger partial charge in [0, 0.05) is 32.2 Å². The van der Waals surface area contributed by atoms with Crippen LogP contribution in [0.15, 0.2) is 29.3 Å². The van der Waals surface area contributed by atoms with Crippen LogP contribution in [0.3, 0.4) is 0 Å². The van der Waals surface area contributed by atoms with E-state index < -0.39 is 0 Å². The Labute approximate surface area is 158 Å². The number of aliphatic imine (C=N–C) groups is 1. The summed E-state index contributed by atoms with van der Waals surface area (Å²) in [7, 11) is 1.83. The number of nitrogens with zero attached hydrogens (tertiary/aromatic N) is 1. The quantitative estimate of drug-likeness (QED) is 0.538. The minimum absolute atomic E-state index is 0.0447. The number of amides is 1. The van der Waals surface area contributed by atoms with Gasteiger partial charge in [0.05, 0.1) is 0 Å². The van der Waals surface area contributed by atoms with Crippen molar-refractivity contribution in [2.24, 2.45) is 16.8 Å². The summed E-state index contributed by atoms with van der Waals surface area (Å²) in [5, 5.41) is 9.78. The van der Waals surface area contributed by atoms with Crippen molar-refractivity contribution in [3.8, 4) is 0 Å². The lowest BCUT2D eigenvalue weighted by Crippen LogP contribution is -2.45. The molecule has 0 saturated heterocycles. The molecule has 3 N–H and O–H groups in total. The van der Waals surface area contributed by atoms with Crippen LogP contribution < -0.4 is 16.0 Å². The Morgan fingerprint density at radius 2 is 1.81 bits per heavy atom. The van der Waals surface area contributed by atoms with Gasteiger partial charge in [-0.25, -0.2) is 0 Å². The lowest BCUT2D eigenvalue weighted by Gasteiger charge is -2.32. The van der Waals surface area contributed by atoms with E-state index in [0.717, 1.165) is 36.4 Å². The zero-order valence-corrected chi connectivity index (χ0v) is 16.6. The fraction of sp³-hybridized carbons (Fsp3) is 0.619. The molecule has 0 radical (unpaired) electrons. The molecule has 1 aliphatic carbocycles. The number of nitrogens with one attached hydrogen (secondary N) is 3.